The zero-order chi connectivity index (χ0) is 16.8. The number of carbonyl (C=O) groups excluding carboxylic acids is 1. The van der Waals surface area contributed by atoms with Gasteiger partial charge in [-0.3, -0.25) is 4.79 Å². The lowest BCUT2D eigenvalue weighted by Gasteiger charge is -2.32. The SMILES string of the molecule is CNCCC1CCN(C(=O)c2ccnc(N3CCCCC3)n2)CC1. The number of nitrogens with zero attached hydrogens (tertiary/aromatic N) is 4. The summed E-state index contributed by atoms with van der Waals surface area (Å²) in [6, 6.07) is 1.75. The summed E-state index contributed by atoms with van der Waals surface area (Å²) in [6.07, 6.45) is 8.75. The number of piperidine rings is 2. The van der Waals surface area contributed by atoms with Gasteiger partial charge in [0, 0.05) is 32.4 Å². The van der Waals surface area contributed by atoms with E-state index in [0.717, 1.165) is 51.5 Å². The average molecular weight is 331 g/mol. The fourth-order valence-electron chi connectivity index (χ4n) is 3.65. The van der Waals surface area contributed by atoms with Crippen LogP contribution in [0.2, 0.25) is 0 Å². The van der Waals surface area contributed by atoms with E-state index in [1.54, 1.807) is 12.3 Å². The van der Waals surface area contributed by atoms with E-state index in [9.17, 15) is 4.79 Å². The predicted molar refractivity (Wildman–Crippen MR) is 95.3 cm³/mol. The molecule has 1 aromatic rings. The van der Waals surface area contributed by atoms with Crippen LogP contribution in [-0.2, 0) is 0 Å². The van der Waals surface area contributed by atoms with Gasteiger partial charge in [-0.05, 0) is 64.1 Å². The minimum Gasteiger partial charge on any atom is -0.341 e. The lowest BCUT2D eigenvalue weighted by atomic mass is 9.93. The number of aromatic nitrogens is 2. The van der Waals surface area contributed by atoms with E-state index < -0.39 is 0 Å². The molecule has 0 aliphatic carbocycles. The van der Waals surface area contributed by atoms with Gasteiger partial charge in [-0.25, -0.2) is 9.97 Å². The van der Waals surface area contributed by atoms with Gasteiger partial charge in [-0.2, -0.15) is 0 Å². The van der Waals surface area contributed by atoms with E-state index in [0.29, 0.717) is 11.6 Å². The Morgan fingerprint density at radius 1 is 1.21 bits per heavy atom. The highest BCUT2D eigenvalue weighted by Gasteiger charge is 2.25. The molecule has 1 amide bonds. The standard InChI is InChI=1S/C18H29N5O/c1-19-9-5-15-7-13-22(14-8-15)17(24)16-6-10-20-18(21-16)23-11-3-2-4-12-23/h6,10,15,19H,2-5,7-9,11-14H2,1H3. The number of nitrogens with one attached hydrogen (secondary N) is 1. The maximum absolute atomic E-state index is 12.8. The van der Waals surface area contributed by atoms with Crippen molar-refractivity contribution in [1.82, 2.24) is 20.2 Å². The number of anilines is 1. The number of hydrogen-bond acceptors (Lipinski definition) is 5. The number of likely N-dealkylation sites (tertiary alicyclic amines) is 1. The van der Waals surface area contributed by atoms with Gasteiger partial charge in [0.05, 0.1) is 0 Å². The van der Waals surface area contributed by atoms with Crippen LogP contribution in [-0.4, -0.2) is 60.5 Å². The molecule has 6 nitrogen and oxygen atoms in total. The molecule has 3 rings (SSSR count). The van der Waals surface area contributed by atoms with Gasteiger partial charge in [0.2, 0.25) is 5.95 Å². The Kier molecular flexibility index (Phi) is 6.01. The van der Waals surface area contributed by atoms with Crippen LogP contribution in [0.4, 0.5) is 5.95 Å². The lowest BCUT2D eigenvalue weighted by molar-refractivity contribution is 0.0681. The first kappa shape index (κ1) is 17.1. The largest absolute Gasteiger partial charge is 0.341 e. The summed E-state index contributed by atoms with van der Waals surface area (Å²) in [5, 5.41) is 3.21. The number of rotatable bonds is 5. The molecule has 0 spiro atoms. The normalized spacial score (nSPS) is 19.5. The maximum Gasteiger partial charge on any atom is 0.272 e. The van der Waals surface area contributed by atoms with E-state index in [1.165, 1.54) is 25.7 Å². The third-order valence-electron chi connectivity index (χ3n) is 5.21. The number of carbonyl (C=O) groups is 1. The molecule has 0 aromatic carbocycles. The molecule has 2 saturated heterocycles. The highest BCUT2D eigenvalue weighted by molar-refractivity contribution is 5.92. The highest BCUT2D eigenvalue weighted by atomic mass is 16.2. The minimum absolute atomic E-state index is 0.0581. The van der Waals surface area contributed by atoms with Crippen LogP contribution in [0.15, 0.2) is 12.3 Å². The Morgan fingerprint density at radius 2 is 1.96 bits per heavy atom. The summed E-state index contributed by atoms with van der Waals surface area (Å²) in [5.41, 5.74) is 0.541. The van der Waals surface area contributed by atoms with Crippen molar-refractivity contribution in [2.45, 2.75) is 38.5 Å². The molecular weight excluding hydrogens is 302 g/mol. The summed E-state index contributed by atoms with van der Waals surface area (Å²) >= 11 is 0. The molecule has 0 atom stereocenters. The smallest absolute Gasteiger partial charge is 0.272 e. The van der Waals surface area contributed by atoms with Gasteiger partial charge < -0.3 is 15.1 Å². The second-order valence-corrected chi connectivity index (χ2v) is 6.92. The summed E-state index contributed by atoms with van der Waals surface area (Å²) in [5.74, 6) is 1.50. The maximum atomic E-state index is 12.8. The van der Waals surface area contributed by atoms with E-state index in [4.69, 9.17) is 0 Å². The molecule has 24 heavy (non-hydrogen) atoms. The quantitative estimate of drug-likeness (QED) is 0.893. The Labute approximate surface area is 144 Å². The van der Waals surface area contributed by atoms with Gasteiger partial charge in [-0.15, -0.1) is 0 Å². The zero-order valence-electron chi connectivity index (χ0n) is 14.7. The van der Waals surface area contributed by atoms with Crippen LogP contribution in [0.3, 0.4) is 0 Å². The molecule has 2 aliphatic rings. The molecule has 0 unspecified atom stereocenters. The second kappa shape index (κ2) is 8.42. The first-order valence-corrected chi connectivity index (χ1v) is 9.30. The van der Waals surface area contributed by atoms with Gasteiger partial charge in [0.25, 0.3) is 5.91 Å². The Bertz CT molecular complexity index is 536. The van der Waals surface area contributed by atoms with Crippen LogP contribution >= 0.6 is 0 Å². The van der Waals surface area contributed by atoms with Gasteiger partial charge in [0.15, 0.2) is 0 Å². The summed E-state index contributed by atoms with van der Waals surface area (Å²) < 4.78 is 0. The molecule has 132 valence electrons. The Balaban J connectivity index is 1.59. The second-order valence-electron chi connectivity index (χ2n) is 6.92. The van der Waals surface area contributed by atoms with Crippen molar-refractivity contribution in [3.05, 3.63) is 18.0 Å². The van der Waals surface area contributed by atoms with Crippen molar-refractivity contribution < 1.29 is 4.79 Å². The first-order valence-electron chi connectivity index (χ1n) is 9.30. The van der Waals surface area contributed by atoms with Gasteiger partial charge >= 0.3 is 0 Å². The molecule has 0 bridgehead atoms. The highest BCUT2D eigenvalue weighted by Crippen LogP contribution is 2.22. The topological polar surface area (TPSA) is 61.4 Å². The van der Waals surface area contributed by atoms with Crippen LogP contribution in [0.25, 0.3) is 0 Å². The van der Waals surface area contributed by atoms with Crippen LogP contribution in [0.5, 0.6) is 0 Å². The number of amides is 1. The third kappa shape index (κ3) is 4.23. The summed E-state index contributed by atoms with van der Waals surface area (Å²) in [7, 11) is 1.99. The fourth-order valence-corrected chi connectivity index (χ4v) is 3.65. The monoisotopic (exact) mass is 331 g/mol. The molecule has 0 radical (unpaired) electrons. The molecular formula is C18H29N5O. The Morgan fingerprint density at radius 3 is 2.67 bits per heavy atom. The van der Waals surface area contributed by atoms with Crippen LogP contribution in [0.1, 0.15) is 49.0 Å². The van der Waals surface area contributed by atoms with E-state index in [-0.39, 0.29) is 5.91 Å². The van der Waals surface area contributed by atoms with Crippen molar-refractivity contribution in [2.24, 2.45) is 5.92 Å². The molecule has 1 aromatic heterocycles. The first-order chi connectivity index (χ1) is 11.8. The van der Waals surface area contributed by atoms with Crippen molar-refractivity contribution in [3.8, 4) is 0 Å². The molecule has 2 fully saturated rings. The molecule has 1 N–H and O–H groups in total. The summed E-state index contributed by atoms with van der Waals surface area (Å²) in [4.78, 5) is 25.8. The fraction of sp³-hybridized carbons (Fsp3) is 0.722. The van der Waals surface area contributed by atoms with Gasteiger partial charge in [-0.1, -0.05) is 0 Å². The van der Waals surface area contributed by atoms with Crippen LogP contribution < -0.4 is 10.2 Å². The average Bonchev–Trinajstić information content (AvgIpc) is 2.67. The molecule has 3 heterocycles. The number of hydrogen-bond donors (Lipinski definition) is 1. The van der Waals surface area contributed by atoms with Crippen molar-refractivity contribution >= 4 is 11.9 Å². The lowest BCUT2D eigenvalue weighted by Crippen LogP contribution is -2.39. The van der Waals surface area contributed by atoms with Crippen LogP contribution in [0, 0.1) is 5.92 Å². The van der Waals surface area contributed by atoms with E-state index in [1.807, 2.05) is 11.9 Å². The Hall–Kier alpha value is -1.69. The zero-order valence-corrected chi connectivity index (χ0v) is 14.7. The third-order valence-corrected chi connectivity index (χ3v) is 5.21. The molecule has 2 aliphatic heterocycles. The van der Waals surface area contributed by atoms with E-state index in [2.05, 4.69) is 20.2 Å². The van der Waals surface area contributed by atoms with Gasteiger partial charge in [0.1, 0.15) is 5.69 Å². The van der Waals surface area contributed by atoms with E-state index >= 15 is 0 Å². The predicted octanol–water partition coefficient (Wildman–Crippen LogP) is 1.93. The molecule has 6 heteroatoms. The summed E-state index contributed by atoms with van der Waals surface area (Å²) in [6.45, 7) is 4.74. The van der Waals surface area contributed by atoms with Crippen molar-refractivity contribution in [3.63, 3.8) is 0 Å². The van der Waals surface area contributed by atoms with Crippen molar-refractivity contribution in [1.29, 1.82) is 0 Å². The molecule has 0 saturated carbocycles. The van der Waals surface area contributed by atoms with Crippen molar-refractivity contribution in [2.75, 3.05) is 44.7 Å². The minimum atomic E-state index is 0.0581.